The minimum atomic E-state index is -4.49. The van der Waals surface area contributed by atoms with Crippen LogP contribution in [0.4, 0.5) is 0 Å². The maximum atomic E-state index is 11.3. The molecule has 0 spiro atoms. The zero-order valence-corrected chi connectivity index (χ0v) is 10.6. The fourth-order valence-electron chi connectivity index (χ4n) is 1.66. The predicted molar refractivity (Wildman–Crippen MR) is 64.8 cm³/mol. The van der Waals surface area contributed by atoms with Crippen LogP contribution >= 0.6 is 0 Å². The largest absolute Gasteiger partial charge is 0.508 e. The summed E-state index contributed by atoms with van der Waals surface area (Å²) in [6.07, 6.45) is -1.69. The van der Waals surface area contributed by atoms with Gasteiger partial charge in [-0.25, -0.2) is 0 Å². The number of benzene rings is 1. The molecule has 0 radical (unpaired) electrons. The first-order chi connectivity index (χ1) is 8.25. The lowest BCUT2D eigenvalue weighted by Crippen LogP contribution is -2.22. The van der Waals surface area contributed by atoms with Gasteiger partial charge in [-0.05, 0) is 19.4 Å². The zero-order valence-electron chi connectivity index (χ0n) is 9.81. The van der Waals surface area contributed by atoms with Crippen LogP contribution in [0.25, 0.3) is 0 Å². The van der Waals surface area contributed by atoms with Crippen molar-refractivity contribution in [1.29, 1.82) is 0 Å². The van der Waals surface area contributed by atoms with Gasteiger partial charge in [0.25, 0.3) is 10.1 Å². The van der Waals surface area contributed by atoms with Gasteiger partial charge in [0.05, 0.1) is 12.7 Å². The molecule has 7 heteroatoms. The number of aromatic hydroxyl groups is 1. The fraction of sp³-hybridized carbons (Fsp3) is 0.455. The monoisotopic (exact) mass is 276 g/mol. The van der Waals surface area contributed by atoms with E-state index < -0.39 is 34.5 Å². The number of aliphatic hydroxyl groups is 2. The minimum absolute atomic E-state index is 0.00463. The number of phenols is 1. The summed E-state index contributed by atoms with van der Waals surface area (Å²) >= 11 is 0. The molecule has 1 rings (SSSR count). The number of aliphatic hydroxyl groups excluding tert-OH is 2. The van der Waals surface area contributed by atoms with Crippen LogP contribution < -0.4 is 0 Å². The number of hydrogen-bond acceptors (Lipinski definition) is 5. The summed E-state index contributed by atoms with van der Waals surface area (Å²) in [6.45, 7) is 1.07. The molecule has 0 saturated carbocycles. The van der Waals surface area contributed by atoms with Crippen LogP contribution in [-0.2, 0) is 10.1 Å². The van der Waals surface area contributed by atoms with Gasteiger partial charge in [0, 0.05) is 5.56 Å². The fourth-order valence-corrected chi connectivity index (χ4v) is 2.64. The Hall–Kier alpha value is -1.15. The van der Waals surface area contributed by atoms with E-state index in [1.807, 2.05) is 0 Å². The second-order valence-corrected chi connectivity index (χ2v) is 5.74. The van der Waals surface area contributed by atoms with Crippen LogP contribution in [0.1, 0.15) is 22.8 Å². The maximum Gasteiger partial charge on any atom is 0.272 e. The Morgan fingerprint density at radius 3 is 2.44 bits per heavy atom. The van der Waals surface area contributed by atoms with Gasteiger partial charge in [0.15, 0.2) is 0 Å². The van der Waals surface area contributed by atoms with Gasteiger partial charge in [-0.2, -0.15) is 8.42 Å². The molecule has 0 saturated heterocycles. The van der Waals surface area contributed by atoms with Gasteiger partial charge in [-0.15, -0.1) is 0 Å². The quantitative estimate of drug-likeness (QED) is 0.578. The summed E-state index contributed by atoms with van der Waals surface area (Å²) in [6, 6.07) is 4.31. The lowest BCUT2D eigenvalue weighted by atomic mass is 10.0. The number of hydrogen-bond donors (Lipinski definition) is 4. The third-order valence-corrected chi connectivity index (χ3v) is 3.75. The third kappa shape index (κ3) is 3.67. The molecule has 0 aliphatic carbocycles. The molecule has 1 aromatic rings. The van der Waals surface area contributed by atoms with Crippen LogP contribution in [0.3, 0.4) is 0 Å². The summed E-state index contributed by atoms with van der Waals surface area (Å²) in [5, 5.41) is 26.2. The van der Waals surface area contributed by atoms with E-state index in [0.717, 1.165) is 0 Å². The lowest BCUT2D eigenvalue weighted by molar-refractivity contribution is 0.0866. The van der Waals surface area contributed by atoms with Crippen molar-refractivity contribution in [3.05, 3.63) is 29.3 Å². The van der Waals surface area contributed by atoms with E-state index in [4.69, 9.17) is 9.66 Å². The van der Waals surface area contributed by atoms with E-state index in [2.05, 4.69) is 0 Å². The summed E-state index contributed by atoms with van der Waals surface area (Å²) in [7, 11) is -4.49. The van der Waals surface area contributed by atoms with E-state index in [9.17, 15) is 18.6 Å². The van der Waals surface area contributed by atoms with Gasteiger partial charge in [0.1, 0.15) is 11.0 Å². The van der Waals surface area contributed by atoms with Crippen molar-refractivity contribution in [3.8, 4) is 5.75 Å². The van der Waals surface area contributed by atoms with Crippen LogP contribution in [-0.4, -0.2) is 41.0 Å². The molecule has 0 bridgehead atoms. The molecular weight excluding hydrogens is 260 g/mol. The highest BCUT2D eigenvalue weighted by atomic mass is 32.2. The topological polar surface area (TPSA) is 115 Å². The van der Waals surface area contributed by atoms with Gasteiger partial charge >= 0.3 is 0 Å². The highest BCUT2D eigenvalue weighted by Gasteiger charge is 2.30. The summed E-state index contributed by atoms with van der Waals surface area (Å²) < 4.78 is 31.8. The first-order valence-electron chi connectivity index (χ1n) is 5.30. The second-order valence-electron chi connectivity index (χ2n) is 4.14. The molecule has 102 valence electrons. The Kier molecular flexibility index (Phi) is 4.69. The van der Waals surface area contributed by atoms with Crippen molar-refractivity contribution in [2.24, 2.45) is 0 Å². The van der Waals surface area contributed by atoms with E-state index >= 15 is 0 Å². The third-order valence-electron chi connectivity index (χ3n) is 2.59. The van der Waals surface area contributed by atoms with Crippen molar-refractivity contribution >= 4 is 10.1 Å². The number of rotatable bonds is 5. The number of phenolic OH excluding ortho intramolecular Hbond substituents is 1. The molecule has 1 aromatic carbocycles. The molecule has 2 atom stereocenters. The molecule has 0 amide bonds. The maximum absolute atomic E-state index is 11.3. The van der Waals surface area contributed by atoms with E-state index in [1.165, 1.54) is 12.1 Å². The molecule has 0 fully saturated rings. The van der Waals surface area contributed by atoms with Crippen molar-refractivity contribution < 1.29 is 28.3 Å². The Morgan fingerprint density at radius 2 is 1.94 bits per heavy atom. The zero-order chi connectivity index (χ0) is 13.9. The van der Waals surface area contributed by atoms with E-state index in [1.54, 1.807) is 13.0 Å². The van der Waals surface area contributed by atoms with Crippen molar-refractivity contribution in [3.63, 3.8) is 0 Å². The van der Waals surface area contributed by atoms with Gasteiger partial charge in [-0.3, -0.25) is 4.55 Å². The summed E-state index contributed by atoms with van der Waals surface area (Å²) in [5.74, 6) is -0.284. The smallest absolute Gasteiger partial charge is 0.272 e. The molecule has 2 unspecified atom stereocenters. The lowest BCUT2D eigenvalue weighted by Gasteiger charge is -2.18. The Bertz CT molecular complexity index is 510. The van der Waals surface area contributed by atoms with E-state index in [0.29, 0.717) is 5.56 Å². The Labute approximate surface area is 105 Å². The first-order valence-corrected chi connectivity index (χ1v) is 6.80. The standard InChI is InChI=1S/C11H16O6S/c1-7-2-3-10(14)9(4-7)11(18(15,16)17)5-8(13)6-12/h2-4,8,11-14H,5-6H2,1H3,(H,15,16,17). The summed E-state index contributed by atoms with van der Waals surface area (Å²) in [5.41, 5.74) is 0.708. The van der Waals surface area contributed by atoms with Crippen molar-refractivity contribution in [2.45, 2.75) is 24.7 Å². The Balaban J connectivity index is 3.22. The normalized spacial score (nSPS) is 15.3. The molecule has 0 aromatic heterocycles. The molecule has 0 aliphatic rings. The predicted octanol–water partition coefficient (Wildman–Crippen LogP) is 0.373. The molecule has 4 N–H and O–H groups in total. The molecule has 0 aliphatic heterocycles. The minimum Gasteiger partial charge on any atom is -0.508 e. The van der Waals surface area contributed by atoms with Crippen LogP contribution in [0, 0.1) is 6.92 Å². The molecule has 0 heterocycles. The van der Waals surface area contributed by atoms with Crippen LogP contribution in [0.2, 0.25) is 0 Å². The number of aryl methyl sites for hydroxylation is 1. The average Bonchev–Trinajstić information content (AvgIpc) is 2.27. The van der Waals surface area contributed by atoms with Gasteiger partial charge in [-0.1, -0.05) is 17.7 Å². The summed E-state index contributed by atoms with van der Waals surface area (Å²) in [4.78, 5) is 0. The van der Waals surface area contributed by atoms with Gasteiger partial charge in [0.2, 0.25) is 0 Å². The van der Waals surface area contributed by atoms with Crippen molar-refractivity contribution in [2.75, 3.05) is 6.61 Å². The highest BCUT2D eigenvalue weighted by Crippen LogP contribution is 2.33. The first kappa shape index (κ1) is 14.9. The SMILES string of the molecule is Cc1ccc(O)c(C(CC(O)CO)S(=O)(=O)O)c1. The van der Waals surface area contributed by atoms with Crippen molar-refractivity contribution in [1.82, 2.24) is 0 Å². The molecule has 18 heavy (non-hydrogen) atoms. The Morgan fingerprint density at radius 1 is 1.33 bits per heavy atom. The highest BCUT2D eigenvalue weighted by molar-refractivity contribution is 7.86. The second kappa shape index (κ2) is 5.66. The van der Waals surface area contributed by atoms with Crippen LogP contribution in [0.15, 0.2) is 18.2 Å². The molecular formula is C11H16O6S. The average molecular weight is 276 g/mol. The molecule has 6 nitrogen and oxygen atoms in total. The van der Waals surface area contributed by atoms with Crippen LogP contribution in [0.5, 0.6) is 5.75 Å². The van der Waals surface area contributed by atoms with E-state index in [-0.39, 0.29) is 11.3 Å². The van der Waals surface area contributed by atoms with Gasteiger partial charge < -0.3 is 15.3 Å².